The minimum atomic E-state index is -0.576. The first-order valence-electron chi connectivity index (χ1n) is 5.55. The topological polar surface area (TPSA) is 108 Å². The molecular formula is C11H11N5O4. The third kappa shape index (κ3) is 2.32. The number of carbonyl (C=O) groups is 1. The van der Waals surface area contributed by atoms with Gasteiger partial charge in [0.15, 0.2) is 11.2 Å². The number of nitrogens with zero attached hydrogens (tertiary/aromatic N) is 5. The number of hydrogen-bond acceptors (Lipinski definition) is 7. The molecule has 0 saturated heterocycles. The standard InChI is InChI=1S/C11H11N5O4/c1-6(17)20-13-5-7-4-12-9-8(14-7)10(18)16(3)11(19)15(9)2/h4-5H,1-3H3. The minimum Gasteiger partial charge on any atom is -0.319 e. The Bertz CT molecular complexity index is 833. The largest absolute Gasteiger partial charge is 0.332 e. The number of aryl methyl sites for hydroxylation is 1. The van der Waals surface area contributed by atoms with Crippen LogP contribution in [0, 0.1) is 0 Å². The van der Waals surface area contributed by atoms with E-state index < -0.39 is 17.2 Å². The number of rotatable bonds is 2. The Hall–Kier alpha value is -2.84. The minimum absolute atomic E-state index is 0.0291. The molecule has 0 N–H and O–H groups in total. The highest BCUT2D eigenvalue weighted by molar-refractivity contribution is 5.80. The molecule has 0 aromatic carbocycles. The van der Waals surface area contributed by atoms with Crippen LogP contribution in [0.15, 0.2) is 20.9 Å². The Morgan fingerprint density at radius 2 is 2.05 bits per heavy atom. The highest BCUT2D eigenvalue weighted by Crippen LogP contribution is 2.00. The lowest BCUT2D eigenvalue weighted by Crippen LogP contribution is -2.37. The molecule has 0 spiro atoms. The fourth-order valence-electron chi connectivity index (χ4n) is 1.56. The van der Waals surface area contributed by atoms with Crippen LogP contribution in [0.3, 0.4) is 0 Å². The number of fused-ring (bicyclic) bond motifs is 1. The van der Waals surface area contributed by atoms with Gasteiger partial charge in [-0.1, -0.05) is 5.16 Å². The molecule has 2 heterocycles. The van der Waals surface area contributed by atoms with Gasteiger partial charge in [0.1, 0.15) is 5.69 Å². The average molecular weight is 277 g/mol. The molecule has 104 valence electrons. The summed E-state index contributed by atoms with van der Waals surface area (Å²) in [5.41, 5.74) is -0.616. The molecule has 2 aromatic rings. The molecule has 9 heteroatoms. The van der Waals surface area contributed by atoms with Crippen molar-refractivity contribution in [2.75, 3.05) is 0 Å². The first-order chi connectivity index (χ1) is 9.41. The second kappa shape index (κ2) is 5.03. The van der Waals surface area contributed by atoms with Gasteiger partial charge in [-0.2, -0.15) is 0 Å². The predicted octanol–water partition coefficient (Wildman–Crippen LogP) is -1.08. The second-order valence-corrected chi connectivity index (χ2v) is 3.99. The maximum absolute atomic E-state index is 12.0. The van der Waals surface area contributed by atoms with Crippen molar-refractivity contribution in [2.45, 2.75) is 6.92 Å². The van der Waals surface area contributed by atoms with Gasteiger partial charge in [0, 0.05) is 21.0 Å². The van der Waals surface area contributed by atoms with E-state index in [1.54, 1.807) is 0 Å². The van der Waals surface area contributed by atoms with Crippen molar-refractivity contribution in [3.63, 3.8) is 0 Å². The summed E-state index contributed by atoms with van der Waals surface area (Å²) >= 11 is 0. The SMILES string of the molecule is CC(=O)ON=Cc1cnc2c(n1)c(=O)n(C)c(=O)n2C. The van der Waals surface area contributed by atoms with E-state index in [0.29, 0.717) is 0 Å². The molecule has 0 atom stereocenters. The smallest absolute Gasteiger partial charge is 0.319 e. The van der Waals surface area contributed by atoms with E-state index in [-0.39, 0.29) is 16.9 Å². The quantitative estimate of drug-likeness (QED) is 0.392. The summed E-state index contributed by atoms with van der Waals surface area (Å²) in [5.74, 6) is -0.576. The zero-order valence-electron chi connectivity index (χ0n) is 11.0. The zero-order chi connectivity index (χ0) is 14.9. The highest BCUT2D eigenvalue weighted by Gasteiger charge is 2.11. The number of hydrogen-bond donors (Lipinski definition) is 0. The summed E-state index contributed by atoms with van der Waals surface area (Å²) < 4.78 is 2.15. The molecule has 9 nitrogen and oxygen atoms in total. The molecule has 20 heavy (non-hydrogen) atoms. The Morgan fingerprint density at radius 3 is 2.70 bits per heavy atom. The Labute approximate surface area is 112 Å². The molecule has 0 aliphatic carbocycles. The summed E-state index contributed by atoms with van der Waals surface area (Å²) in [5, 5.41) is 3.39. The molecule has 2 aromatic heterocycles. The van der Waals surface area contributed by atoms with Gasteiger partial charge in [0.05, 0.1) is 12.4 Å². The lowest BCUT2D eigenvalue weighted by Gasteiger charge is -2.05. The third-order valence-corrected chi connectivity index (χ3v) is 2.54. The van der Waals surface area contributed by atoms with Crippen molar-refractivity contribution in [3.8, 4) is 0 Å². The first-order valence-corrected chi connectivity index (χ1v) is 5.55. The molecular weight excluding hydrogens is 266 g/mol. The number of carbonyl (C=O) groups excluding carboxylic acids is 1. The highest BCUT2D eigenvalue weighted by atomic mass is 16.7. The van der Waals surface area contributed by atoms with Gasteiger partial charge in [-0.15, -0.1) is 0 Å². The van der Waals surface area contributed by atoms with Crippen LogP contribution in [0.4, 0.5) is 0 Å². The molecule has 0 fully saturated rings. The van der Waals surface area contributed by atoms with Crippen LogP contribution in [0.5, 0.6) is 0 Å². The maximum Gasteiger partial charge on any atom is 0.332 e. The number of oxime groups is 1. The fourth-order valence-corrected chi connectivity index (χ4v) is 1.56. The normalized spacial score (nSPS) is 11.2. The van der Waals surface area contributed by atoms with Gasteiger partial charge in [0.2, 0.25) is 0 Å². The van der Waals surface area contributed by atoms with E-state index >= 15 is 0 Å². The molecule has 0 aliphatic heterocycles. The van der Waals surface area contributed by atoms with Crippen LogP contribution in [-0.4, -0.2) is 31.3 Å². The van der Waals surface area contributed by atoms with Crippen LogP contribution in [0.25, 0.3) is 11.2 Å². The lowest BCUT2D eigenvalue weighted by molar-refractivity contribution is -0.140. The van der Waals surface area contributed by atoms with Crippen molar-refractivity contribution < 1.29 is 9.63 Å². The zero-order valence-corrected chi connectivity index (χ0v) is 11.0. The van der Waals surface area contributed by atoms with E-state index in [0.717, 1.165) is 10.8 Å². The van der Waals surface area contributed by atoms with E-state index in [1.807, 2.05) is 0 Å². The van der Waals surface area contributed by atoms with Gasteiger partial charge in [-0.3, -0.25) is 13.9 Å². The summed E-state index contributed by atoms with van der Waals surface area (Å²) in [6.07, 6.45) is 2.46. The molecule has 0 saturated carbocycles. The average Bonchev–Trinajstić information content (AvgIpc) is 2.42. The summed E-state index contributed by atoms with van der Waals surface area (Å²) in [7, 11) is 2.84. The van der Waals surface area contributed by atoms with Gasteiger partial charge in [-0.05, 0) is 0 Å². The van der Waals surface area contributed by atoms with Gasteiger partial charge in [-0.25, -0.2) is 19.6 Å². The molecule has 0 radical (unpaired) electrons. The Kier molecular flexibility index (Phi) is 3.42. The maximum atomic E-state index is 12.0. The van der Waals surface area contributed by atoms with Gasteiger partial charge in [0.25, 0.3) is 5.56 Å². The third-order valence-electron chi connectivity index (χ3n) is 2.54. The Balaban J connectivity index is 2.60. The monoisotopic (exact) mass is 277 g/mol. The summed E-state index contributed by atoms with van der Waals surface area (Å²) in [6, 6.07) is 0. The van der Waals surface area contributed by atoms with E-state index in [4.69, 9.17) is 0 Å². The number of aromatic nitrogens is 4. The van der Waals surface area contributed by atoms with Crippen LogP contribution in [0.2, 0.25) is 0 Å². The Morgan fingerprint density at radius 1 is 1.35 bits per heavy atom. The molecule has 0 aliphatic rings. The van der Waals surface area contributed by atoms with Crippen LogP contribution in [0.1, 0.15) is 12.6 Å². The van der Waals surface area contributed by atoms with E-state index in [9.17, 15) is 14.4 Å². The van der Waals surface area contributed by atoms with Gasteiger partial charge < -0.3 is 4.84 Å². The molecule has 0 amide bonds. The van der Waals surface area contributed by atoms with Gasteiger partial charge >= 0.3 is 11.7 Å². The van der Waals surface area contributed by atoms with Crippen LogP contribution >= 0.6 is 0 Å². The molecule has 0 bridgehead atoms. The van der Waals surface area contributed by atoms with E-state index in [1.165, 1.54) is 31.8 Å². The van der Waals surface area contributed by atoms with Crippen molar-refractivity contribution in [2.24, 2.45) is 19.3 Å². The second-order valence-electron chi connectivity index (χ2n) is 3.99. The molecule has 0 unspecified atom stereocenters. The van der Waals surface area contributed by atoms with Crippen LogP contribution < -0.4 is 11.2 Å². The fraction of sp³-hybridized carbons (Fsp3) is 0.273. The molecule has 2 rings (SSSR count). The predicted molar refractivity (Wildman–Crippen MR) is 69.4 cm³/mol. The van der Waals surface area contributed by atoms with E-state index in [2.05, 4.69) is 20.0 Å². The first kappa shape index (κ1) is 13.6. The van der Waals surface area contributed by atoms with Crippen molar-refractivity contribution in [3.05, 3.63) is 32.7 Å². The van der Waals surface area contributed by atoms with Crippen molar-refractivity contribution >= 4 is 23.3 Å². The van der Waals surface area contributed by atoms with Crippen molar-refractivity contribution in [1.29, 1.82) is 0 Å². The van der Waals surface area contributed by atoms with Crippen molar-refractivity contribution in [1.82, 2.24) is 19.1 Å². The lowest BCUT2D eigenvalue weighted by atomic mass is 10.4. The van der Waals surface area contributed by atoms with Crippen LogP contribution in [-0.2, 0) is 23.7 Å². The summed E-state index contributed by atoms with van der Waals surface area (Å²) in [6.45, 7) is 1.20. The summed E-state index contributed by atoms with van der Waals surface area (Å²) in [4.78, 5) is 46.6.